The number of nitrogens with one attached hydrogen (secondary N) is 2. The highest BCUT2D eigenvalue weighted by atomic mass is 16.5. The number of benzene rings is 4. The van der Waals surface area contributed by atoms with E-state index in [9.17, 15) is 19.5 Å². The molecular weight excluding hydrogens is 552 g/mol. The van der Waals surface area contributed by atoms with Crippen molar-refractivity contribution in [3.8, 4) is 5.75 Å². The van der Waals surface area contributed by atoms with Crippen molar-refractivity contribution in [1.82, 2.24) is 5.32 Å². The molecule has 1 unspecified atom stereocenters. The average molecular weight is 591 g/mol. The van der Waals surface area contributed by atoms with Gasteiger partial charge in [0.2, 0.25) is 5.91 Å². The normalized spacial score (nSPS) is 14.1. The van der Waals surface area contributed by atoms with Gasteiger partial charge < -0.3 is 20.5 Å². The Hall–Kier alpha value is -4.91. The molecule has 44 heavy (non-hydrogen) atoms. The van der Waals surface area contributed by atoms with Crippen LogP contribution in [-0.4, -0.2) is 42.0 Å². The van der Waals surface area contributed by atoms with Crippen molar-refractivity contribution in [2.45, 2.75) is 44.6 Å². The summed E-state index contributed by atoms with van der Waals surface area (Å²) in [5, 5.41) is 16.1. The van der Waals surface area contributed by atoms with E-state index in [1.54, 1.807) is 48.5 Å². The topological polar surface area (TPSA) is 105 Å². The molecule has 0 aromatic heterocycles. The number of para-hydroxylation sites is 1. The largest absolute Gasteiger partial charge is 0.494 e. The molecule has 3 N–H and O–H groups in total. The monoisotopic (exact) mass is 590 g/mol. The molecule has 0 aliphatic heterocycles. The van der Waals surface area contributed by atoms with Crippen LogP contribution in [0, 0.1) is 5.41 Å². The molecule has 1 saturated carbocycles. The Morgan fingerprint density at radius 2 is 1.45 bits per heavy atom. The molecule has 1 amide bonds. The van der Waals surface area contributed by atoms with Gasteiger partial charge in [-0.25, -0.2) is 4.79 Å². The van der Waals surface area contributed by atoms with E-state index in [2.05, 4.69) is 22.8 Å². The van der Waals surface area contributed by atoms with E-state index in [1.807, 2.05) is 48.5 Å². The van der Waals surface area contributed by atoms with Gasteiger partial charge in [-0.2, -0.15) is 0 Å². The first kappa shape index (κ1) is 30.5. The number of carbonyl (C=O) groups excluding carboxylic acids is 2. The van der Waals surface area contributed by atoms with Crippen LogP contribution in [0.15, 0.2) is 109 Å². The summed E-state index contributed by atoms with van der Waals surface area (Å²) in [6.07, 6.45) is 4.62. The van der Waals surface area contributed by atoms with Crippen molar-refractivity contribution in [3.63, 3.8) is 0 Å². The number of hydrogen-bond acceptors (Lipinski definition) is 5. The minimum Gasteiger partial charge on any atom is -0.494 e. The van der Waals surface area contributed by atoms with Gasteiger partial charge in [-0.1, -0.05) is 91.3 Å². The van der Waals surface area contributed by atoms with Crippen LogP contribution in [-0.2, 0) is 22.4 Å². The third kappa shape index (κ3) is 7.72. The number of ether oxygens (including phenoxy) is 1. The maximum Gasteiger partial charge on any atom is 0.326 e. The van der Waals surface area contributed by atoms with Gasteiger partial charge in [0, 0.05) is 29.8 Å². The molecule has 4 aromatic carbocycles. The third-order valence-electron chi connectivity index (χ3n) is 8.25. The number of rotatable bonds is 15. The fraction of sp³-hybridized carbons (Fsp3) is 0.270. The summed E-state index contributed by atoms with van der Waals surface area (Å²) in [4.78, 5) is 38.2. The third-order valence-corrected chi connectivity index (χ3v) is 8.25. The second-order valence-corrected chi connectivity index (χ2v) is 11.4. The molecule has 0 heterocycles. The van der Waals surface area contributed by atoms with E-state index >= 15 is 0 Å². The highest BCUT2D eigenvalue weighted by molar-refractivity contribution is 6.12. The van der Waals surface area contributed by atoms with E-state index in [-0.39, 0.29) is 23.5 Å². The first-order valence-electron chi connectivity index (χ1n) is 15.2. The van der Waals surface area contributed by atoms with Crippen LogP contribution in [0.1, 0.15) is 52.7 Å². The van der Waals surface area contributed by atoms with Crippen LogP contribution in [0.25, 0.3) is 0 Å². The van der Waals surface area contributed by atoms with Gasteiger partial charge in [0.15, 0.2) is 5.78 Å². The molecule has 1 aliphatic rings. The maximum atomic E-state index is 13.1. The highest BCUT2D eigenvalue weighted by Crippen LogP contribution is 2.44. The molecular formula is C37H38N2O5. The maximum absolute atomic E-state index is 13.1. The Bertz CT molecular complexity index is 1550. The number of anilines is 1. The zero-order chi connectivity index (χ0) is 30.8. The Kier molecular flexibility index (Phi) is 10.1. The zero-order valence-corrected chi connectivity index (χ0v) is 24.7. The second-order valence-electron chi connectivity index (χ2n) is 11.4. The van der Waals surface area contributed by atoms with Crippen LogP contribution in [0.4, 0.5) is 5.69 Å². The van der Waals surface area contributed by atoms with Gasteiger partial charge in [0.05, 0.1) is 12.0 Å². The Balaban J connectivity index is 1.09. The first-order chi connectivity index (χ1) is 21.4. The molecule has 5 rings (SSSR count). The second kappa shape index (κ2) is 14.5. The van der Waals surface area contributed by atoms with Crippen molar-refractivity contribution in [1.29, 1.82) is 0 Å². The minimum absolute atomic E-state index is 0.130. The van der Waals surface area contributed by atoms with Crippen LogP contribution in [0.2, 0.25) is 0 Å². The molecule has 0 spiro atoms. The number of ketones is 1. The Morgan fingerprint density at radius 3 is 2.11 bits per heavy atom. The molecule has 226 valence electrons. The summed E-state index contributed by atoms with van der Waals surface area (Å²) >= 11 is 0. The molecule has 0 radical (unpaired) electrons. The van der Waals surface area contributed by atoms with Gasteiger partial charge in [0.25, 0.3) is 0 Å². The van der Waals surface area contributed by atoms with Gasteiger partial charge in [-0.15, -0.1) is 0 Å². The number of aliphatic carboxylic acids is 1. The summed E-state index contributed by atoms with van der Waals surface area (Å²) in [6.45, 7) is 1.00. The molecule has 0 saturated heterocycles. The van der Waals surface area contributed by atoms with Crippen LogP contribution >= 0.6 is 0 Å². The predicted molar refractivity (Wildman–Crippen MR) is 171 cm³/mol. The van der Waals surface area contributed by atoms with Gasteiger partial charge in [-0.05, 0) is 61.1 Å². The lowest BCUT2D eigenvalue weighted by atomic mass is 9.64. The summed E-state index contributed by atoms with van der Waals surface area (Å²) in [5.74, 6) is -0.376. The number of carboxylic acids is 1. The van der Waals surface area contributed by atoms with E-state index in [0.717, 1.165) is 31.2 Å². The van der Waals surface area contributed by atoms with E-state index in [0.29, 0.717) is 42.1 Å². The van der Waals surface area contributed by atoms with E-state index in [4.69, 9.17) is 4.74 Å². The number of carbonyl (C=O) groups is 3. The van der Waals surface area contributed by atoms with Crippen LogP contribution in [0.5, 0.6) is 5.75 Å². The first-order valence-corrected chi connectivity index (χ1v) is 15.2. The number of carboxylic acid groups (broad SMARTS) is 1. The van der Waals surface area contributed by atoms with E-state index in [1.165, 1.54) is 5.56 Å². The highest BCUT2D eigenvalue weighted by Gasteiger charge is 2.43. The van der Waals surface area contributed by atoms with Gasteiger partial charge in [-0.3, -0.25) is 9.59 Å². The molecule has 7 heteroatoms. The minimum atomic E-state index is -1.01. The lowest BCUT2D eigenvalue weighted by Crippen LogP contribution is -2.47. The van der Waals surface area contributed by atoms with Crippen molar-refractivity contribution in [3.05, 3.63) is 131 Å². The molecule has 1 aliphatic carbocycles. The average Bonchev–Trinajstić information content (AvgIpc) is 3.03. The predicted octanol–water partition coefficient (Wildman–Crippen LogP) is 6.32. The molecule has 1 atom stereocenters. The molecule has 0 bridgehead atoms. The summed E-state index contributed by atoms with van der Waals surface area (Å²) in [6, 6.07) is 32.5. The lowest BCUT2D eigenvalue weighted by molar-refractivity contribution is -0.138. The standard InChI is InChI=1S/C37H38N2O5/c40-34(29-13-5-2-6-14-29)31-15-7-8-16-32(31)39-33(35(41)42)25-27-17-19-30(20-18-27)44-24-10-23-38-36(43)37(21-9-22-37)26-28-11-3-1-4-12-28/h1-8,11-20,33,39H,9-10,21-26H2,(H,38,43)(H,41,42). The Labute approximate surface area is 258 Å². The fourth-order valence-corrected chi connectivity index (χ4v) is 5.62. The lowest BCUT2D eigenvalue weighted by Gasteiger charge is -2.40. The molecule has 7 nitrogen and oxygen atoms in total. The van der Waals surface area contributed by atoms with Crippen molar-refractivity contribution in [2.75, 3.05) is 18.5 Å². The van der Waals surface area contributed by atoms with Crippen molar-refractivity contribution < 1.29 is 24.2 Å². The quantitative estimate of drug-likeness (QED) is 0.111. The van der Waals surface area contributed by atoms with E-state index < -0.39 is 12.0 Å². The Morgan fingerprint density at radius 1 is 0.795 bits per heavy atom. The number of hydrogen-bond donors (Lipinski definition) is 3. The summed E-state index contributed by atoms with van der Waals surface area (Å²) in [7, 11) is 0. The zero-order valence-electron chi connectivity index (χ0n) is 24.7. The molecule has 4 aromatic rings. The molecule has 1 fully saturated rings. The van der Waals surface area contributed by atoms with Gasteiger partial charge >= 0.3 is 5.97 Å². The number of amides is 1. The van der Waals surface area contributed by atoms with Crippen LogP contribution < -0.4 is 15.4 Å². The van der Waals surface area contributed by atoms with Gasteiger partial charge in [0.1, 0.15) is 11.8 Å². The van der Waals surface area contributed by atoms with Crippen LogP contribution in [0.3, 0.4) is 0 Å². The van der Waals surface area contributed by atoms with Crippen molar-refractivity contribution >= 4 is 23.3 Å². The fourth-order valence-electron chi connectivity index (χ4n) is 5.62. The summed E-state index contributed by atoms with van der Waals surface area (Å²) in [5.41, 5.74) is 3.16. The summed E-state index contributed by atoms with van der Waals surface area (Å²) < 4.78 is 5.88. The SMILES string of the molecule is O=C(c1ccccc1)c1ccccc1NC(Cc1ccc(OCCCNC(=O)C2(Cc3ccccc3)CCC2)cc1)C(=O)O. The smallest absolute Gasteiger partial charge is 0.326 e. The van der Waals surface area contributed by atoms with Crippen molar-refractivity contribution in [2.24, 2.45) is 5.41 Å².